The van der Waals surface area contributed by atoms with E-state index in [4.69, 9.17) is 9.84 Å². The van der Waals surface area contributed by atoms with Crippen molar-refractivity contribution in [3.05, 3.63) is 36.2 Å². The van der Waals surface area contributed by atoms with E-state index in [1.54, 1.807) is 37.6 Å². The molecule has 2 aromatic rings. The third-order valence-corrected chi connectivity index (χ3v) is 2.63. The Bertz CT molecular complexity index is 565. The van der Waals surface area contributed by atoms with Gasteiger partial charge in [0.05, 0.1) is 12.8 Å². The van der Waals surface area contributed by atoms with Crippen molar-refractivity contribution in [2.75, 3.05) is 19.0 Å². The minimum Gasteiger partial charge on any atom is -0.497 e. The number of anilines is 1. The molecule has 0 aliphatic carbocycles. The van der Waals surface area contributed by atoms with Gasteiger partial charge in [0.1, 0.15) is 12.3 Å². The second-order valence-electron chi connectivity index (χ2n) is 4.16. The van der Waals surface area contributed by atoms with E-state index in [0.717, 1.165) is 5.75 Å². The predicted molar refractivity (Wildman–Crippen MR) is 72.4 cm³/mol. The summed E-state index contributed by atoms with van der Waals surface area (Å²) in [5, 5.41) is 19.2. The summed E-state index contributed by atoms with van der Waals surface area (Å²) in [6.07, 6.45) is 2.07. The standard InChI is InChI=1S/C13H16N4O3/c1-20-12-4-2-10(3-5-12)14-13(19)9-17-8-11(6-7-18)15-16-17/h2-5,8,18H,6-7,9H2,1H3,(H,14,19). The molecule has 0 fully saturated rings. The molecule has 0 aliphatic heterocycles. The summed E-state index contributed by atoms with van der Waals surface area (Å²) < 4.78 is 6.47. The minimum absolute atomic E-state index is 0.0107. The average Bonchev–Trinajstić information content (AvgIpc) is 2.87. The van der Waals surface area contributed by atoms with Crippen LogP contribution in [0.3, 0.4) is 0 Å². The lowest BCUT2D eigenvalue weighted by molar-refractivity contribution is -0.116. The van der Waals surface area contributed by atoms with Crippen LogP contribution in [-0.4, -0.2) is 39.7 Å². The van der Waals surface area contributed by atoms with Crippen LogP contribution in [0.1, 0.15) is 5.69 Å². The molecule has 0 unspecified atom stereocenters. The normalized spacial score (nSPS) is 10.3. The Kier molecular flexibility index (Phi) is 4.67. The van der Waals surface area contributed by atoms with Gasteiger partial charge in [-0.15, -0.1) is 5.10 Å². The number of methoxy groups -OCH3 is 1. The number of ether oxygens (including phenoxy) is 1. The van der Waals surface area contributed by atoms with Gasteiger partial charge < -0.3 is 15.2 Å². The third kappa shape index (κ3) is 3.79. The molecular formula is C13H16N4O3. The van der Waals surface area contributed by atoms with Gasteiger partial charge in [0.2, 0.25) is 5.91 Å². The summed E-state index contributed by atoms with van der Waals surface area (Å²) in [4.78, 5) is 11.8. The number of nitrogens with one attached hydrogen (secondary N) is 1. The van der Waals surface area contributed by atoms with E-state index in [2.05, 4.69) is 15.6 Å². The zero-order valence-corrected chi connectivity index (χ0v) is 11.1. The molecule has 7 heteroatoms. The first-order chi connectivity index (χ1) is 9.71. The molecule has 0 saturated heterocycles. The second kappa shape index (κ2) is 6.67. The molecular weight excluding hydrogens is 260 g/mol. The van der Waals surface area contributed by atoms with Gasteiger partial charge in [-0.25, -0.2) is 4.68 Å². The number of aromatic nitrogens is 3. The summed E-state index contributed by atoms with van der Waals surface area (Å²) >= 11 is 0. The van der Waals surface area contributed by atoms with E-state index in [9.17, 15) is 4.79 Å². The van der Waals surface area contributed by atoms with Gasteiger partial charge in [0.25, 0.3) is 0 Å². The summed E-state index contributed by atoms with van der Waals surface area (Å²) in [7, 11) is 1.59. The molecule has 2 rings (SSSR count). The maximum Gasteiger partial charge on any atom is 0.246 e. The fourth-order valence-corrected chi connectivity index (χ4v) is 1.67. The Balaban J connectivity index is 1.90. The monoisotopic (exact) mass is 276 g/mol. The second-order valence-corrected chi connectivity index (χ2v) is 4.16. The molecule has 0 radical (unpaired) electrons. The smallest absolute Gasteiger partial charge is 0.246 e. The molecule has 2 N–H and O–H groups in total. The number of carbonyl (C=O) groups is 1. The van der Waals surface area contributed by atoms with Gasteiger partial charge in [-0.05, 0) is 24.3 Å². The van der Waals surface area contributed by atoms with Crippen LogP contribution in [0, 0.1) is 0 Å². The zero-order chi connectivity index (χ0) is 14.4. The Hall–Kier alpha value is -2.41. The third-order valence-electron chi connectivity index (χ3n) is 2.63. The van der Waals surface area contributed by atoms with Crippen LogP contribution in [0.4, 0.5) is 5.69 Å². The molecule has 0 saturated carbocycles. The number of hydrogen-bond donors (Lipinski definition) is 2. The summed E-state index contributed by atoms with van der Waals surface area (Å²) in [5.74, 6) is 0.531. The van der Waals surface area contributed by atoms with E-state index >= 15 is 0 Å². The zero-order valence-electron chi connectivity index (χ0n) is 11.1. The number of carbonyl (C=O) groups excluding carboxylic acids is 1. The van der Waals surface area contributed by atoms with E-state index in [-0.39, 0.29) is 19.1 Å². The number of amides is 1. The molecule has 20 heavy (non-hydrogen) atoms. The Morgan fingerprint density at radius 3 is 2.80 bits per heavy atom. The number of aliphatic hydroxyl groups is 1. The van der Waals surface area contributed by atoms with Gasteiger partial charge in [-0.2, -0.15) is 0 Å². The first kappa shape index (κ1) is 14.0. The predicted octanol–water partition coefficient (Wildman–Crippen LogP) is 0.460. The highest BCUT2D eigenvalue weighted by Gasteiger charge is 2.06. The molecule has 1 heterocycles. The van der Waals surface area contributed by atoms with Gasteiger partial charge in [0, 0.05) is 24.9 Å². The molecule has 7 nitrogen and oxygen atoms in total. The van der Waals surface area contributed by atoms with Crippen LogP contribution < -0.4 is 10.1 Å². The largest absolute Gasteiger partial charge is 0.497 e. The SMILES string of the molecule is COc1ccc(NC(=O)Cn2cc(CCO)nn2)cc1. The van der Waals surface area contributed by atoms with Crippen molar-refractivity contribution in [1.29, 1.82) is 0 Å². The van der Waals surface area contributed by atoms with Crippen molar-refractivity contribution in [3.63, 3.8) is 0 Å². The summed E-state index contributed by atoms with van der Waals surface area (Å²) in [6.45, 7) is 0.0845. The molecule has 1 amide bonds. The quantitative estimate of drug-likeness (QED) is 0.800. The van der Waals surface area contributed by atoms with E-state index in [0.29, 0.717) is 17.8 Å². The van der Waals surface area contributed by atoms with E-state index in [1.165, 1.54) is 4.68 Å². The number of aliphatic hydroxyl groups excluding tert-OH is 1. The number of rotatable bonds is 6. The molecule has 0 atom stereocenters. The average molecular weight is 276 g/mol. The van der Waals surface area contributed by atoms with Crippen LogP contribution in [0.25, 0.3) is 0 Å². The minimum atomic E-state index is -0.199. The van der Waals surface area contributed by atoms with Gasteiger partial charge in [0.15, 0.2) is 0 Å². The van der Waals surface area contributed by atoms with Crippen LogP contribution in [0.5, 0.6) is 5.75 Å². The molecule has 1 aromatic heterocycles. The van der Waals surface area contributed by atoms with Crippen LogP contribution in [0.15, 0.2) is 30.5 Å². The van der Waals surface area contributed by atoms with Crippen molar-refractivity contribution < 1.29 is 14.6 Å². The number of hydrogen-bond acceptors (Lipinski definition) is 5. The van der Waals surface area contributed by atoms with Crippen LogP contribution in [-0.2, 0) is 17.8 Å². The number of benzene rings is 1. The Morgan fingerprint density at radius 2 is 2.15 bits per heavy atom. The van der Waals surface area contributed by atoms with Crippen molar-refractivity contribution in [1.82, 2.24) is 15.0 Å². The molecule has 1 aromatic carbocycles. The first-order valence-corrected chi connectivity index (χ1v) is 6.15. The molecule has 0 spiro atoms. The topological polar surface area (TPSA) is 89.3 Å². The van der Waals surface area contributed by atoms with E-state index < -0.39 is 0 Å². The highest BCUT2D eigenvalue weighted by atomic mass is 16.5. The Labute approximate surface area is 116 Å². The van der Waals surface area contributed by atoms with Crippen LogP contribution in [0.2, 0.25) is 0 Å². The summed E-state index contributed by atoms with van der Waals surface area (Å²) in [5.41, 5.74) is 1.34. The maximum atomic E-state index is 11.8. The molecule has 0 aliphatic rings. The Morgan fingerprint density at radius 1 is 1.40 bits per heavy atom. The lowest BCUT2D eigenvalue weighted by Gasteiger charge is -2.06. The highest BCUT2D eigenvalue weighted by molar-refractivity contribution is 5.90. The lowest BCUT2D eigenvalue weighted by atomic mass is 10.3. The first-order valence-electron chi connectivity index (χ1n) is 6.15. The van der Waals surface area contributed by atoms with Crippen molar-refractivity contribution >= 4 is 11.6 Å². The molecule has 106 valence electrons. The highest BCUT2D eigenvalue weighted by Crippen LogP contribution is 2.14. The van der Waals surface area contributed by atoms with E-state index in [1.807, 2.05) is 0 Å². The number of nitrogens with zero attached hydrogens (tertiary/aromatic N) is 3. The van der Waals surface area contributed by atoms with Crippen molar-refractivity contribution in [2.24, 2.45) is 0 Å². The maximum absolute atomic E-state index is 11.8. The molecule has 0 bridgehead atoms. The van der Waals surface area contributed by atoms with Crippen LogP contribution >= 0.6 is 0 Å². The fourth-order valence-electron chi connectivity index (χ4n) is 1.67. The van der Waals surface area contributed by atoms with Gasteiger partial charge in [-0.3, -0.25) is 4.79 Å². The summed E-state index contributed by atoms with van der Waals surface area (Å²) in [6, 6.07) is 7.05. The van der Waals surface area contributed by atoms with Gasteiger partial charge in [-0.1, -0.05) is 5.21 Å². The lowest BCUT2D eigenvalue weighted by Crippen LogP contribution is -2.19. The fraction of sp³-hybridized carbons (Fsp3) is 0.308. The van der Waals surface area contributed by atoms with Crippen molar-refractivity contribution in [3.8, 4) is 5.75 Å². The van der Waals surface area contributed by atoms with Crippen molar-refractivity contribution in [2.45, 2.75) is 13.0 Å². The van der Waals surface area contributed by atoms with Gasteiger partial charge >= 0.3 is 0 Å².